The SMILES string of the molecule is CC(C)(C)OC(=O)N1CCC(c2c(C(=O)N3CCc4ccccc4C3)cnn2-c2ccc(Cl)cc2)CC1. The molecule has 0 radical (unpaired) electrons. The fraction of sp³-hybridized carbons (Fsp3) is 0.414. The van der Waals surface area contributed by atoms with Crippen molar-refractivity contribution < 1.29 is 14.3 Å². The van der Waals surface area contributed by atoms with Crippen LogP contribution in [0.3, 0.4) is 0 Å². The van der Waals surface area contributed by atoms with Crippen LogP contribution in [-0.2, 0) is 17.7 Å². The Morgan fingerprint density at radius 2 is 1.62 bits per heavy atom. The number of hydrogen-bond donors (Lipinski definition) is 0. The maximum atomic E-state index is 13.9. The molecule has 2 aliphatic heterocycles. The Labute approximate surface area is 223 Å². The Morgan fingerprint density at radius 3 is 2.30 bits per heavy atom. The Balaban J connectivity index is 1.42. The molecule has 1 saturated heterocycles. The molecule has 194 valence electrons. The summed E-state index contributed by atoms with van der Waals surface area (Å²) in [4.78, 5) is 30.2. The topological polar surface area (TPSA) is 67.7 Å². The highest BCUT2D eigenvalue weighted by Crippen LogP contribution is 2.34. The molecule has 0 aliphatic carbocycles. The van der Waals surface area contributed by atoms with Crippen LogP contribution in [0.15, 0.2) is 54.7 Å². The molecule has 37 heavy (non-hydrogen) atoms. The van der Waals surface area contributed by atoms with Crippen LogP contribution in [-0.4, -0.2) is 56.8 Å². The number of halogens is 1. The normalized spacial score (nSPS) is 16.4. The number of carbonyl (C=O) groups is 2. The summed E-state index contributed by atoms with van der Waals surface area (Å²) >= 11 is 6.14. The van der Waals surface area contributed by atoms with E-state index in [2.05, 4.69) is 17.2 Å². The summed E-state index contributed by atoms with van der Waals surface area (Å²) in [6.45, 7) is 8.03. The van der Waals surface area contributed by atoms with Crippen molar-refractivity contribution in [1.82, 2.24) is 19.6 Å². The third kappa shape index (κ3) is 5.52. The standard InChI is InChI=1S/C29H33ClN4O3/c1-29(2,3)37-28(36)32-15-13-21(14-16-32)26-25(18-31-34(26)24-10-8-23(30)9-11-24)27(35)33-17-12-20-6-4-5-7-22(20)19-33/h4-11,18,21H,12-17,19H2,1-3H3. The maximum Gasteiger partial charge on any atom is 0.410 e. The van der Waals surface area contributed by atoms with Crippen molar-refractivity contribution in [3.05, 3.63) is 82.1 Å². The van der Waals surface area contributed by atoms with Gasteiger partial charge < -0.3 is 14.5 Å². The fourth-order valence-electron chi connectivity index (χ4n) is 5.20. The molecule has 0 atom stereocenters. The van der Waals surface area contributed by atoms with Gasteiger partial charge in [0.2, 0.25) is 0 Å². The van der Waals surface area contributed by atoms with Gasteiger partial charge in [0.1, 0.15) is 5.60 Å². The first-order chi connectivity index (χ1) is 17.7. The van der Waals surface area contributed by atoms with E-state index in [4.69, 9.17) is 16.3 Å². The van der Waals surface area contributed by atoms with Gasteiger partial charge in [0, 0.05) is 37.1 Å². The molecule has 2 amide bonds. The Morgan fingerprint density at radius 1 is 0.946 bits per heavy atom. The maximum absolute atomic E-state index is 13.9. The summed E-state index contributed by atoms with van der Waals surface area (Å²) < 4.78 is 7.44. The minimum atomic E-state index is -0.534. The average molecular weight is 521 g/mol. The number of nitrogens with zero attached hydrogens (tertiary/aromatic N) is 4. The van der Waals surface area contributed by atoms with Gasteiger partial charge in [0.25, 0.3) is 5.91 Å². The molecule has 0 N–H and O–H groups in total. The molecule has 2 aromatic carbocycles. The number of piperidine rings is 1. The Kier molecular flexibility index (Phi) is 6.99. The third-order valence-electron chi connectivity index (χ3n) is 7.06. The molecule has 0 spiro atoms. The van der Waals surface area contributed by atoms with Crippen LogP contribution in [0.4, 0.5) is 4.79 Å². The van der Waals surface area contributed by atoms with Gasteiger partial charge in [-0.05, 0) is 75.4 Å². The number of ether oxygens (including phenoxy) is 1. The number of carbonyl (C=O) groups excluding carboxylic acids is 2. The number of aromatic nitrogens is 2. The van der Waals surface area contributed by atoms with Crippen LogP contribution < -0.4 is 0 Å². The van der Waals surface area contributed by atoms with Crippen LogP contribution in [0.25, 0.3) is 5.69 Å². The lowest BCUT2D eigenvalue weighted by atomic mass is 9.90. The van der Waals surface area contributed by atoms with Crippen LogP contribution in [0, 0.1) is 0 Å². The first-order valence-corrected chi connectivity index (χ1v) is 13.3. The smallest absolute Gasteiger partial charge is 0.410 e. The zero-order valence-electron chi connectivity index (χ0n) is 21.6. The highest BCUT2D eigenvalue weighted by Gasteiger charge is 2.34. The number of likely N-dealkylation sites (tertiary alicyclic amines) is 1. The highest BCUT2D eigenvalue weighted by atomic mass is 35.5. The Bertz CT molecular complexity index is 1290. The molecular formula is C29H33ClN4O3. The van der Waals surface area contributed by atoms with Crippen molar-refractivity contribution in [2.24, 2.45) is 0 Å². The molecule has 0 saturated carbocycles. The van der Waals surface area contributed by atoms with Crippen molar-refractivity contribution in [1.29, 1.82) is 0 Å². The monoisotopic (exact) mass is 520 g/mol. The van der Waals surface area contributed by atoms with Gasteiger partial charge in [-0.2, -0.15) is 5.10 Å². The molecule has 0 bridgehead atoms. The molecule has 0 unspecified atom stereocenters. The number of fused-ring (bicyclic) bond motifs is 1. The number of amides is 2. The summed E-state index contributed by atoms with van der Waals surface area (Å²) in [6.07, 6.45) is 3.70. The summed E-state index contributed by atoms with van der Waals surface area (Å²) in [5.41, 5.74) is 4.35. The van der Waals surface area contributed by atoms with Gasteiger partial charge in [0.05, 0.1) is 23.1 Å². The first-order valence-electron chi connectivity index (χ1n) is 12.9. The molecule has 1 aromatic heterocycles. The van der Waals surface area contributed by atoms with Crippen molar-refractivity contribution >= 4 is 23.6 Å². The van der Waals surface area contributed by atoms with Gasteiger partial charge >= 0.3 is 6.09 Å². The number of rotatable bonds is 3. The van der Waals surface area contributed by atoms with E-state index in [9.17, 15) is 9.59 Å². The molecule has 3 aromatic rings. The minimum absolute atomic E-state index is 0.000659. The van der Waals surface area contributed by atoms with Crippen molar-refractivity contribution in [2.45, 2.75) is 58.1 Å². The van der Waals surface area contributed by atoms with E-state index in [1.54, 1.807) is 11.1 Å². The number of benzene rings is 2. The van der Waals surface area contributed by atoms with Crippen LogP contribution in [0.2, 0.25) is 5.02 Å². The lowest BCUT2D eigenvalue weighted by molar-refractivity contribution is 0.0203. The van der Waals surface area contributed by atoms with E-state index in [-0.39, 0.29) is 17.9 Å². The van der Waals surface area contributed by atoms with E-state index in [1.165, 1.54) is 11.1 Å². The largest absolute Gasteiger partial charge is 0.444 e. The van der Waals surface area contributed by atoms with Crippen LogP contribution >= 0.6 is 11.6 Å². The lowest BCUT2D eigenvalue weighted by Crippen LogP contribution is -2.42. The van der Waals surface area contributed by atoms with E-state index in [0.717, 1.165) is 30.6 Å². The second kappa shape index (κ2) is 10.2. The van der Waals surface area contributed by atoms with Crippen molar-refractivity contribution in [2.75, 3.05) is 19.6 Å². The van der Waals surface area contributed by atoms with Gasteiger partial charge in [-0.3, -0.25) is 4.79 Å². The zero-order valence-corrected chi connectivity index (χ0v) is 22.4. The van der Waals surface area contributed by atoms with Gasteiger partial charge in [0.15, 0.2) is 0 Å². The summed E-state index contributed by atoms with van der Waals surface area (Å²) in [6, 6.07) is 15.8. The van der Waals surface area contributed by atoms with Crippen LogP contribution in [0.1, 0.15) is 66.7 Å². The predicted octanol–water partition coefficient (Wildman–Crippen LogP) is 5.84. The summed E-state index contributed by atoms with van der Waals surface area (Å²) in [5.74, 6) is 0.0761. The average Bonchev–Trinajstić information content (AvgIpc) is 3.32. The second-order valence-electron chi connectivity index (χ2n) is 10.8. The summed E-state index contributed by atoms with van der Waals surface area (Å²) in [7, 11) is 0. The first kappa shape index (κ1) is 25.3. The molecule has 5 rings (SSSR count). The summed E-state index contributed by atoms with van der Waals surface area (Å²) in [5, 5.41) is 5.32. The van der Waals surface area contributed by atoms with E-state index < -0.39 is 5.60 Å². The van der Waals surface area contributed by atoms with Gasteiger partial charge in [-0.15, -0.1) is 0 Å². The molecule has 7 nitrogen and oxygen atoms in total. The third-order valence-corrected chi connectivity index (χ3v) is 7.31. The van der Waals surface area contributed by atoms with Gasteiger partial charge in [-0.1, -0.05) is 35.9 Å². The predicted molar refractivity (Wildman–Crippen MR) is 143 cm³/mol. The highest BCUT2D eigenvalue weighted by molar-refractivity contribution is 6.30. The van der Waals surface area contributed by atoms with E-state index >= 15 is 0 Å². The van der Waals surface area contributed by atoms with Crippen molar-refractivity contribution in [3.8, 4) is 5.69 Å². The molecule has 1 fully saturated rings. The lowest BCUT2D eigenvalue weighted by Gasteiger charge is -2.34. The Hall–Kier alpha value is -3.32. The zero-order chi connectivity index (χ0) is 26.2. The van der Waals surface area contributed by atoms with Gasteiger partial charge in [-0.25, -0.2) is 9.48 Å². The fourth-order valence-corrected chi connectivity index (χ4v) is 5.33. The number of hydrogen-bond acceptors (Lipinski definition) is 4. The minimum Gasteiger partial charge on any atom is -0.444 e. The van der Waals surface area contributed by atoms with E-state index in [1.807, 2.05) is 66.8 Å². The molecule has 2 aliphatic rings. The quantitative estimate of drug-likeness (QED) is 0.435. The molecular weight excluding hydrogens is 488 g/mol. The van der Waals surface area contributed by atoms with E-state index in [0.29, 0.717) is 36.8 Å². The van der Waals surface area contributed by atoms with Crippen molar-refractivity contribution in [3.63, 3.8) is 0 Å². The van der Waals surface area contributed by atoms with Crippen LogP contribution in [0.5, 0.6) is 0 Å². The molecule has 3 heterocycles. The second-order valence-corrected chi connectivity index (χ2v) is 11.3. The molecule has 8 heteroatoms.